The van der Waals surface area contributed by atoms with E-state index < -0.39 is 0 Å². The Morgan fingerprint density at radius 2 is 1.75 bits per heavy atom. The van der Waals surface area contributed by atoms with Gasteiger partial charge in [-0.3, -0.25) is 0 Å². The van der Waals surface area contributed by atoms with Gasteiger partial charge in [0.1, 0.15) is 0 Å². The largest absolute Gasteiger partial charge is 0.314 e. The summed E-state index contributed by atoms with van der Waals surface area (Å²) < 4.78 is 1.15. The van der Waals surface area contributed by atoms with Crippen LogP contribution in [0.4, 0.5) is 0 Å². The highest BCUT2D eigenvalue weighted by Gasteiger charge is 2.03. The van der Waals surface area contributed by atoms with Crippen LogP contribution in [0.2, 0.25) is 0 Å². The molecule has 0 saturated heterocycles. The molecule has 90 valence electrons. The Hall–Kier alpha value is -0.340. The van der Waals surface area contributed by atoms with E-state index in [1.165, 1.54) is 12.0 Å². The van der Waals surface area contributed by atoms with Crippen molar-refractivity contribution >= 4 is 15.9 Å². The average Bonchev–Trinajstić information content (AvgIpc) is 2.20. The second kappa shape index (κ2) is 7.08. The van der Waals surface area contributed by atoms with E-state index in [4.69, 9.17) is 0 Å². The molecule has 16 heavy (non-hydrogen) atoms. The molecule has 0 bridgehead atoms. The molecule has 0 aliphatic rings. The van der Waals surface area contributed by atoms with Crippen molar-refractivity contribution in [2.75, 3.05) is 6.54 Å². The summed E-state index contributed by atoms with van der Waals surface area (Å²) in [6.07, 6.45) is 2.36. The maximum Gasteiger partial charge on any atom is 0.0175 e. The van der Waals surface area contributed by atoms with Crippen molar-refractivity contribution in [3.05, 3.63) is 34.3 Å². The maximum atomic E-state index is 3.57. The lowest BCUT2D eigenvalue weighted by Crippen LogP contribution is -2.29. The Morgan fingerprint density at radius 3 is 2.31 bits per heavy atom. The predicted molar refractivity (Wildman–Crippen MR) is 74.8 cm³/mol. The van der Waals surface area contributed by atoms with Crippen LogP contribution < -0.4 is 5.32 Å². The van der Waals surface area contributed by atoms with Crippen LogP contribution in [0.3, 0.4) is 0 Å². The summed E-state index contributed by atoms with van der Waals surface area (Å²) in [5.41, 5.74) is 1.40. The fourth-order valence-electron chi connectivity index (χ4n) is 1.90. The molecule has 1 N–H and O–H groups in total. The van der Waals surface area contributed by atoms with Gasteiger partial charge in [-0.15, -0.1) is 0 Å². The normalized spacial score (nSPS) is 13.1. The number of halogens is 1. The Labute approximate surface area is 108 Å². The van der Waals surface area contributed by atoms with E-state index in [1.54, 1.807) is 0 Å². The lowest BCUT2D eigenvalue weighted by Gasteiger charge is -2.15. The predicted octanol–water partition coefficient (Wildman–Crippen LogP) is 4.02. The van der Waals surface area contributed by atoms with E-state index in [1.807, 2.05) is 0 Å². The van der Waals surface area contributed by atoms with Crippen LogP contribution in [-0.2, 0) is 6.42 Å². The summed E-state index contributed by atoms with van der Waals surface area (Å²) in [5, 5.41) is 3.57. The fraction of sp³-hybridized carbons (Fsp3) is 0.571. The molecule has 0 aliphatic carbocycles. The van der Waals surface area contributed by atoms with Crippen molar-refractivity contribution in [2.45, 2.75) is 39.7 Å². The van der Waals surface area contributed by atoms with Gasteiger partial charge in [-0.1, -0.05) is 41.9 Å². The van der Waals surface area contributed by atoms with Crippen LogP contribution in [0, 0.1) is 5.92 Å². The third-order valence-electron chi connectivity index (χ3n) is 2.64. The summed E-state index contributed by atoms with van der Waals surface area (Å²) in [6, 6.07) is 9.19. The van der Waals surface area contributed by atoms with E-state index in [-0.39, 0.29) is 0 Å². The number of rotatable bonds is 6. The van der Waals surface area contributed by atoms with E-state index in [2.05, 4.69) is 66.3 Å². The summed E-state index contributed by atoms with van der Waals surface area (Å²) in [7, 11) is 0. The van der Waals surface area contributed by atoms with Gasteiger partial charge >= 0.3 is 0 Å². The van der Waals surface area contributed by atoms with Crippen LogP contribution in [0.15, 0.2) is 28.7 Å². The van der Waals surface area contributed by atoms with Gasteiger partial charge in [0.05, 0.1) is 0 Å². The van der Waals surface area contributed by atoms with Crippen molar-refractivity contribution in [1.29, 1.82) is 0 Å². The molecule has 2 heteroatoms. The molecule has 0 amide bonds. The van der Waals surface area contributed by atoms with Gasteiger partial charge in [-0.2, -0.15) is 0 Å². The van der Waals surface area contributed by atoms with Crippen molar-refractivity contribution < 1.29 is 0 Å². The summed E-state index contributed by atoms with van der Waals surface area (Å²) >= 11 is 3.45. The van der Waals surface area contributed by atoms with Crippen LogP contribution >= 0.6 is 15.9 Å². The fourth-order valence-corrected chi connectivity index (χ4v) is 2.17. The SMILES string of the molecule is CC(C)CC(C)NCCc1ccc(Br)cc1. The number of benzene rings is 1. The lowest BCUT2D eigenvalue weighted by atomic mass is 10.1. The van der Waals surface area contributed by atoms with Crippen molar-refractivity contribution in [1.82, 2.24) is 5.32 Å². The minimum atomic E-state index is 0.621. The summed E-state index contributed by atoms with van der Waals surface area (Å²) in [6.45, 7) is 7.87. The summed E-state index contributed by atoms with van der Waals surface area (Å²) in [5.74, 6) is 0.773. The van der Waals surface area contributed by atoms with Crippen LogP contribution in [0.25, 0.3) is 0 Å². The van der Waals surface area contributed by atoms with Crippen molar-refractivity contribution in [3.8, 4) is 0 Å². The Balaban J connectivity index is 2.22. The molecule has 1 unspecified atom stereocenters. The van der Waals surface area contributed by atoms with E-state index >= 15 is 0 Å². The molecule has 1 rings (SSSR count). The lowest BCUT2D eigenvalue weighted by molar-refractivity contribution is 0.445. The highest BCUT2D eigenvalue weighted by molar-refractivity contribution is 9.10. The first kappa shape index (κ1) is 13.7. The van der Waals surface area contributed by atoms with Gasteiger partial charge in [-0.05, 0) is 49.9 Å². The Morgan fingerprint density at radius 1 is 1.12 bits per heavy atom. The molecule has 0 aliphatic heterocycles. The molecule has 0 fully saturated rings. The molecule has 1 aromatic carbocycles. The summed E-state index contributed by atoms with van der Waals surface area (Å²) in [4.78, 5) is 0. The smallest absolute Gasteiger partial charge is 0.0175 e. The quantitative estimate of drug-likeness (QED) is 0.832. The van der Waals surface area contributed by atoms with Gasteiger partial charge < -0.3 is 5.32 Å². The molecule has 0 aromatic heterocycles. The minimum absolute atomic E-state index is 0.621. The van der Waals surface area contributed by atoms with Crippen LogP contribution in [-0.4, -0.2) is 12.6 Å². The van der Waals surface area contributed by atoms with Crippen molar-refractivity contribution in [2.24, 2.45) is 5.92 Å². The maximum absolute atomic E-state index is 3.57. The number of nitrogens with one attached hydrogen (secondary N) is 1. The van der Waals surface area contributed by atoms with E-state index in [0.717, 1.165) is 23.4 Å². The monoisotopic (exact) mass is 283 g/mol. The van der Waals surface area contributed by atoms with E-state index in [9.17, 15) is 0 Å². The highest BCUT2D eigenvalue weighted by Crippen LogP contribution is 2.10. The third-order valence-corrected chi connectivity index (χ3v) is 3.17. The highest BCUT2D eigenvalue weighted by atomic mass is 79.9. The van der Waals surface area contributed by atoms with Gasteiger partial charge in [0.2, 0.25) is 0 Å². The molecular weight excluding hydrogens is 262 g/mol. The molecule has 0 spiro atoms. The molecule has 1 aromatic rings. The van der Waals surface area contributed by atoms with Gasteiger partial charge in [-0.25, -0.2) is 0 Å². The molecular formula is C14H22BrN. The third kappa shape index (κ3) is 5.66. The standard InChI is InChI=1S/C14H22BrN/c1-11(2)10-12(3)16-9-8-13-4-6-14(15)7-5-13/h4-7,11-12,16H,8-10H2,1-3H3. The second-order valence-electron chi connectivity index (χ2n) is 4.86. The topological polar surface area (TPSA) is 12.0 Å². The zero-order valence-corrected chi connectivity index (χ0v) is 12.0. The molecule has 0 saturated carbocycles. The minimum Gasteiger partial charge on any atom is -0.314 e. The molecule has 1 nitrogen and oxygen atoms in total. The second-order valence-corrected chi connectivity index (χ2v) is 5.78. The Bertz CT molecular complexity index is 292. The zero-order chi connectivity index (χ0) is 12.0. The first-order valence-electron chi connectivity index (χ1n) is 6.05. The zero-order valence-electron chi connectivity index (χ0n) is 10.5. The van der Waals surface area contributed by atoms with Crippen LogP contribution in [0.1, 0.15) is 32.8 Å². The number of hydrogen-bond acceptors (Lipinski definition) is 1. The van der Waals surface area contributed by atoms with E-state index in [0.29, 0.717) is 6.04 Å². The molecule has 0 radical (unpaired) electrons. The first-order valence-corrected chi connectivity index (χ1v) is 6.85. The Kier molecular flexibility index (Phi) is 6.07. The van der Waals surface area contributed by atoms with Gasteiger partial charge in [0.15, 0.2) is 0 Å². The molecule has 1 atom stereocenters. The van der Waals surface area contributed by atoms with Gasteiger partial charge in [0.25, 0.3) is 0 Å². The number of hydrogen-bond donors (Lipinski definition) is 1. The van der Waals surface area contributed by atoms with Gasteiger partial charge in [0, 0.05) is 10.5 Å². The average molecular weight is 284 g/mol. The van der Waals surface area contributed by atoms with Crippen LogP contribution in [0.5, 0.6) is 0 Å². The molecule has 0 heterocycles. The van der Waals surface area contributed by atoms with Crippen molar-refractivity contribution in [3.63, 3.8) is 0 Å². The first-order chi connectivity index (χ1) is 7.58.